The molecule has 0 aliphatic carbocycles. The number of aromatic carboxylic acids is 1. The van der Waals surface area contributed by atoms with E-state index < -0.39 is 5.97 Å². The minimum absolute atomic E-state index is 0.228. The van der Waals surface area contributed by atoms with Gasteiger partial charge in [0.2, 0.25) is 0 Å². The molecule has 104 valence electrons. The minimum atomic E-state index is -0.909. The highest BCUT2D eigenvalue weighted by Crippen LogP contribution is 2.23. The molecule has 0 unspecified atom stereocenters. The van der Waals surface area contributed by atoms with Crippen molar-refractivity contribution in [3.8, 4) is 0 Å². The molecule has 20 heavy (non-hydrogen) atoms. The normalized spacial score (nSPS) is 10.4. The van der Waals surface area contributed by atoms with Gasteiger partial charge in [-0.25, -0.2) is 9.18 Å². The molecule has 2 rings (SSSR count). The maximum absolute atomic E-state index is 12.7. The molecule has 0 saturated heterocycles. The van der Waals surface area contributed by atoms with Gasteiger partial charge in [0.15, 0.2) is 0 Å². The van der Waals surface area contributed by atoms with Crippen LogP contribution >= 0.6 is 23.5 Å². The summed E-state index contributed by atoms with van der Waals surface area (Å²) < 4.78 is 12.7. The van der Waals surface area contributed by atoms with Crippen LogP contribution in [-0.2, 0) is 0 Å². The van der Waals surface area contributed by atoms with Crippen LogP contribution in [0.1, 0.15) is 10.4 Å². The number of halogens is 1. The van der Waals surface area contributed by atoms with Crippen LogP contribution in [0.15, 0.2) is 58.3 Å². The summed E-state index contributed by atoms with van der Waals surface area (Å²) in [6.45, 7) is 0. The Kier molecular flexibility index (Phi) is 5.49. The van der Waals surface area contributed by atoms with Crippen molar-refractivity contribution < 1.29 is 14.3 Å². The Bertz CT molecular complexity index is 585. The predicted molar refractivity (Wildman–Crippen MR) is 81.2 cm³/mol. The second kappa shape index (κ2) is 7.36. The van der Waals surface area contributed by atoms with Gasteiger partial charge in [-0.3, -0.25) is 0 Å². The van der Waals surface area contributed by atoms with Crippen LogP contribution in [0, 0.1) is 5.82 Å². The highest BCUT2D eigenvalue weighted by Gasteiger charge is 2.03. The Morgan fingerprint density at radius 2 is 1.65 bits per heavy atom. The third-order valence-corrected chi connectivity index (χ3v) is 4.78. The van der Waals surface area contributed by atoms with Gasteiger partial charge in [-0.2, -0.15) is 0 Å². The summed E-state index contributed by atoms with van der Waals surface area (Å²) in [4.78, 5) is 12.8. The van der Waals surface area contributed by atoms with E-state index in [0.29, 0.717) is 5.56 Å². The first-order valence-electron chi connectivity index (χ1n) is 6.00. The van der Waals surface area contributed by atoms with Gasteiger partial charge in [0, 0.05) is 21.3 Å². The number of carboxylic acids is 1. The van der Waals surface area contributed by atoms with Crippen LogP contribution in [0.5, 0.6) is 0 Å². The van der Waals surface area contributed by atoms with E-state index in [-0.39, 0.29) is 5.82 Å². The number of carboxylic acid groups (broad SMARTS) is 1. The van der Waals surface area contributed by atoms with Gasteiger partial charge in [-0.1, -0.05) is 6.07 Å². The zero-order chi connectivity index (χ0) is 14.4. The first-order valence-corrected chi connectivity index (χ1v) is 7.97. The van der Waals surface area contributed by atoms with Crippen molar-refractivity contribution in [3.05, 3.63) is 59.9 Å². The van der Waals surface area contributed by atoms with Crippen LogP contribution in [0.2, 0.25) is 0 Å². The molecule has 0 aliphatic rings. The monoisotopic (exact) mass is 308 g/mol. The van der Waals surface area contributed by atoms with Gasteiger partial charge in [-0.15, -0.1) is 23.5 Å². The Hall–Kier alpha value is -1.46. The van der Waals surface area contributed by atoms with Crippen molar-refractivity contribution in [2.24, 2.45) is 0 Å². The molecule has 5 heteroatoms. The van der Waals surface area contributed by atoms with E-state index in [9.17, 15) is 9.18 Å². The maximum atomic E-state index is 12.7. The molecule has 0 atom stereocenters. The van der Waals surface area contributed by atoms with E-state index in [2.05, 4.69) is 0 Å². The summed E-state index contributed by atoms with van der Waals surface area (Å²) in [5.74, 6) is 0.612. The quantitative estimate of drug-likeness (QED) is 0.633. The molecule has 0 spiro atoms. The van der Waals surface area contributed by atoms with E-state index in [1.807, 2.05) is 6.07 Å². The van der Waals surface area contributed by atoms with Crippen molar-refractivity contribution in [1.82, 2.24) is 0 Å². The maximum Gasteiger partial charge on any atom is 0.335 e. The van der Waals surface area contributed by atoms with E-state index in [1.165, 1.54) is 12.1 Å². The summed E-state index contributed by atoms with van der Waals surface area (Å²) in [5.41, 5.74) is 0.307. The Morgan fingerprint density at radius 3 is 2.30 bits per heavy atom. The number of benzene rings is 2. The molecule has 2 aromatic rings. The van der Waals surface area contributed by atoms with Gasteiger partial charge in [-0.05, 0) is 42.5 Å². The molecule has 0 saturated carbocycles. The van der Waals surface area contributed by atoms with E-state index in [0.717, 1.165) is 21.3 Å². The second-order valence-corrected chi connectivity index (χ2v) is 6.32. The highest BCUT2D eigenvalue weighted by molar-refractivity contribution is 8.03. The first-order chi connectivity index (χ1) is 9.65. The molecule has 2 nitrogen and oxygen atoms in total. The number of carbonyl (C=O) groups is 1. The van der Waals surface area contributed by atoms with Crippen LogP contribution in [0.4, 0.5) is 4.39 Å². The molecule has 0 heterocycles. The topological polar surface area (TPSA) is 37.3 Å². The Balaban J connectivity index is 1.79. The largest absolute Gasteiger partial charge is 0.478 e. The highest BCUT2D eigenvalue weighted by atomic mass is 32.2. The lowest BCUT2D eigenvalue weighted by Crippen LogP contribution is -1.95. The fourth-order valence-corrected chi connectivity index (χ4v) is 3.42. The van der Waals surface area contributed by atoms with Crippen LogP contribution in [-0.4, -0.2) is 22.6 Å². The third kappa shape index (κ3) is 4.58. The fraction of sp³-hybridized carbons (Fsp3) is 0.133. The number of thioether (sulfide) groups is 2. The van der Waals surface area contributed by atoms with Crippen molar-refractivity contribution in [1.29, 1.82) is 0 Å². The number of hydrogen-bond acceptors (Lipinski definition) is 3. The lowest BCUT2D eigenvalue weighted by molar-refractivity contribution is 0.0696. The summed E-state index contributed by atoms with van der Waals surface area (Å²) in [7, 11) is 0. The van der Waals surface area contributed by atoms with Gasteiger partial charge < -0.3 is 5.11 Å². The lowest BCUT2D eigenvalue weighted by atomic mass is 10.2. The van der Waals surface area contributed by atoms with Crippen molar-refractivity contribution in [2.75, 3.05) is 11.5 Å². The standard InChI is InChI=1S/C15H13FO2S2/c16-12-4-6-13(7-5-12)19-8-9-20-14-3-1-2-11(10-14)15(17)18/h1-7,10H,8-9H2,(H,17,18). The molecular weight excluding hydrogens is 295 g/mol. The molecule has 0 bridgehead atoms. The lowest BCUT2D eigenvalue weighted by Gasteiger charge is -2.03. The number of rotatable bonds is 6. The molecular formula is C15H13FO2S2. The number of hydrogen-bond donors (Lipinski definition) is 1. The SMILES string of the molecule is O=C(O)c1cccc(SCCSc2ccc(F)cc2)c1. The van der Waals surface area contributed by atoms with E-state index in [1.54, 1.807) is 53.9 Å². The first kappa shape index (κ1) is 14.9. The van der Waals surface area contributed by atoms with Crippen molar-refractivity contribution in [3.63, 3.8) is 0 Å². The average Bonchev–Trinajstić information content (AvgIpc) is 2.46. The van der Waals surface area contributed by atoms with E-state index >= 15 is 0 Å². The van der Waals surface area contributed by atoms with Crippen LogP contribution in [0.25, 0.3) is 0 Å². The summed E-state index contributed by atoms with van der Waals surface area (Å²) >= 11 is 3.27. The zero-order valence-corrected chi connectivity index (χ0v) is 12.2. The van der Waals surface area contributed by atoms with Crippen LogP contribution < -0.4 is 0 Å². The molecule has 0 aliphatic heterocycles. The van der Waals surface area contributed by atoms with E-state index in [4.69, 9.17) is 5.11 Å². The average molecular weight is 308 g/mol. The molecule has 0 fully saturated rings. The predicted octanol–water partition coefficient (Wildman–Crippen LogP) is 4.41. The molecule has 1 N–H and O–H groups in total. The van der Waals surface area contributed by atoms with Crippen molar-refractivity contribution >= 4 is 29.5 Å². The van der Waals surface area contributed by atoms with Crippen molar-refractivity contribution in [2.45, 2.75) is 9.79 Å². The summed E-state index contributed by atoms with van der Waals surface area (Å²) in [6, 6.07) is 13.3. The smallest absolute Gasteiger partial charge is 0.335 e. The molecule has 2 aromatic carbocycles. The Labute approximate surface area is 125 Å². The third-order valence-electron chi connectivity index (χ3n) is 2.52. The van der Waals surface area contributed by atoms with Crippen LogP contribution in [0.3, 0.4) is 0 Å². The molecule has 0 radical (unpaired) electrons. The molecule has 0 amide bonds. The summed E-state index contributed by atoms with van der Waals surface area (Å²) in [5, 5.41) is 8.91. The summed E-state index contributed by atoms with van der Waals surface area (Å²) in [6.07, 6.45) is 0. The molecule has 0 aromatic heterocycles. The zero-order valence-electron chi connectivity index (χ0n) is 10.6. The van der Waals surface area contributed by atoms with Gasteiger partial charge in [0.1, 0.15) is 5.82 Å². The fourth-order valence-electron chi connectivity index (χ4n) is 1.57. The van der Waals surface area contributed by atoms with Gasteiger partial charge >= 0.3 is 5.97 Å². The minimum Gasteiger partial charge on any atom is -0.478 e. The second-order valence-electron chi connectivity index (χ2n) is 3.98. The van der Waals surface area contributed by atoms with Gasteiger partial charge in [0.05, 0.1) is 5.56 Å². The van der Waals surface area contributed by atoms with Gasteiger partial charge in [0.25, 0.3) is 0 Å². The Morgan fingerprint density at radius 1 is 1.00 bits per heavy atom.